The molecule has 0 fully saturated rings. The fourth-order valence-corrected chi connectivity index (χ4v) is 2.11. The maximum Gasteiger partial charge on any atom is 0.182 e. The zero-order valence-corrected chi connectivity index (χ0v) is 11.7. The van der Waals surface area contributed by atoms with E-state index in [0.717, 1.165) is 21.5 Å². The van der Waals surface area contributed by atoms with Crippen molar-refractivity contribution in [2.45, 2.75) is 19.4 Å². The first-order valence-corrected chi connectivity index (χ1v) is 6.20. The molecule has 0 unspecified atom stereocenters. The number of ether oxygens (including phenoxy) is 1. The Balaban J connectivity index is 2.45. The lowest BCUT2D eigenvalue weighted by molar-refractivity contribution is 0.158. The quantitative estimate of drug-likeness (QED) is 0.395. The van der Waals surface area contributed by atoms with Crippen molar-refractivity contribution in [3.63, 3.8) is 0 Å². The molecule has 0 aromatic heterocycles. The molecule has 1 aliphatic heterocycles. The summed E-state index contributed by atoms with van der Waals surface area (Å²) in [5.41, 5.74) is 1.27. The van der Waals surface area contributed by atoms with Gasteiger partial charge < -0.3 is 4.74 Å². The summed E-state index contributed by atoms with van der Waals surface area (Å²) in [5, 5.41) is 10.8. The summed E-state index contributed by atoms with van der Waals surface area (Å²) in [6.07, 6.45) is 5.10. The Labute approximate surface area is 114 Å². The van der Waals surface area contributed by atoms with Crippen LogP contribution >= 0.6 is 15.9 Å². The maximum absolute atomic E-state index is 8.43. The molecule has 1 aliphatic rings. The van der Waals surface area contributed by atoms with Gasteiger partial charge in [0.2, 0.25) is 0 Å². The lowest BCUT2D eigenvalue weighted by atomic mass is 10.00. The molecule has 0 spiro atoms. The van der Waals surface area contributed by atoms with Crippen molar-refractivity contribution in [2.75, 3.05) is 0 Å². The number of aliphatic imine (C=N–C) groups is 1. The molecule has 4 nitrogen and oxygen atoms in total. The van der Waals surface area contributed by atoms with Crippen LogP contribution in [0.15, 0.2) is 33.7 Å². The third-order valence-electron chi connectivity index (χ3n) is 2.41. The molecule has 18 heavy (non-hydrogen) atoms. The summed E-state index contributed by atoms with van der Waals surface area (Å²) in [6, 6.07) is 5.77. The molecule has 1 aromatic carbocycles. The van der Waals surface area contributed by atoms with Crippen molar-refractivity contribution in [2.24, 2.45) is 4.99 Å². The van der Waals surface area contributed by atoms with Gasteiger partial charge in [-0.15, -0.1) is 0 Å². The van der Waals surface area contributed by atoms with E-state index in [2.05, 4.69) is 26.2 Å². The molecule has 0 amide bonds. The van der Waals surface area contributed by atoms with Crippen LogP contribution in [-0.2, 0) is 0 Å². The number of nitrogens with one attached hydrogen (secondary N) is 1. The van der Waals surface area contributed by atoms with Gasteiger partial charge in [-0.25, -0.2) is 4.99 Å². The second-order valence-electron chi connectivity index (χ2n) is 4.39. The highest BCUT2D eigenvalue weighted by molar-refractivity contribution is 9.10. The Kier molecular flexibility index (Phi) is 3.39. The van der Waals surface area contributed by atoms with E-state index in [1.54, 1.807) is 6.19 Å². The van der Waals surface area contributed by atoms with Crippen LogP contribution in [0.1, 0.15) is 19.4 Å². The third-order valence-corrected chi connectivity index (χ3v) is 2.90. The molecule has 1 N–H and O–H groups in total. The topological polar surface area (TPSA) is 57.4 Å². The lowest BCUT2D eigenvalue weighted by Crippen LogP contribution is -2.28. The van der Waals surface area contributed by atoms with E-state index in [-0.39, 0.29) is 0 Å². The monoisotopic (exact) mass is 305 g/mol. The summed E-state index contributed by atoms with van der Waals surface area (Å²) < 4.78 is 6.81. The summed E-state index contributed by atoms with van der Waals surface area (Å²) >= 11 is 3.43. The van der Waals surface area contributed by atoms with Crippen LogP contribution in [-0.4, -0.2) is 11.9 Å². The van der Waals surface area contributed by atoms with E-state index in [1.165, 1.54) is 6.34 Å². The Bertz CT molecular complexity index is 570. The Morgan fingerprint density at radius 2 is 2.28 bits per heavy atom. The molecule has 0 radical (unpaired) electrons. The molecule has 92 valence electrons. The van der Waals surface area contributed by atoms with Crippen molar-refractivity contribution >= 4 is 28.0 Å². The predicted octanol–water partition coefficient (Wildman–Crippen LogP) is 3.06. The van der Waals surface area contributed by atoms with Crippen LogP contribution in [0.2, 0.25) is 0 Å². The SMILES string of the molecule is CC1(C)C=C(N=CNC#N)c2cc(Br)ccc2O1. The van der Waals surface area contributed by atoms with E-state index >= 15 is 0 Å². The average molecular weight is 306 g/mol. The lowest BCUT2D eigenvalue weighted by Gasteiger charge is -2.29. The van der Waals surface area contributed by atoms with Crippen LogP contribution in [0.3, 0.4) is 0 Å². The minimum atomic E-state index is -0.417. The van der Waals surface area contributed by atoms with E-state index < -0.39 is 5.60 Å². The maximum atomic E-state index is 8.43. The molecule has 2 rings (SSSR count). The van der Waals surface area contributed by atoms with Gasteiger partial charge in [-0.05, 0) is 38.1 Å². The molecular weight excluding hydrogens is 294 g/mol. The minimum absolute atomic E-state index is 0.417. The Morgan fingerprint density at radius 3 is 3.00 bits per heavy atom. The van der Waals surface area contributed by atoms with E-state index in [1.807, 2.05) is 38.1 Å². The van der Waals surface area contributed by atoms with Crippen LogP contribution in [0.4, 0.5) is 0 Å². The van der Waals surface area contributed by atoms with Gasteiger partial charge in [-0.1, -0.05) is 15.9 Å². The summed E-state index contributed by atoms with van der Waals surface area (Å²) in [7, 11) is 0. The number of nitrogens with zero attached hydrogens (tertiary/aromatic N) is 2. The molecule has 0 saturated carbocycles. The summed E-state index contributed by atoms with van der Waals surface area (Å²) in [5.74, 6) is 0.787. The van der Waals surface area contributed by atoms with Gasteiger partial charge in [0.25, 0.3) is 0 Å². The molecule has 0 saturated heterocycles. The summed E-state index contributed by atoms with van der Waals surface area (Å²) in [4.78, 5) is 4.25. The minimum Gasteiger partial charge on any atom is -0.483 e. The average Bonchev–Trinajstić information content (AvgIpc) is 2.29. The number of hydrogen-bond acceptors (Lipinski definition) is 3. The first-order chi connectivity index (χ1) is 8.52. The zero-order chi connectivity index (χ0) is 13.2. The fourth-order valence-electron chi connectivity index (χ4n) is 1.75. The highest BCUT2D eigenvalue weighted by Gasteiger charge is 2.26. The van der Waals surface area contributed by atoms with E-state index in [9.17, 15) is 0 Å². The number of fused-ring (bicyclic) bond motifs is 1. The third kappa shape index (κ3) is 2.71. The highest BCUT2D eigenvalue weighted by atomic mass is 79.9. The molecule has 0 atom stereocenters. The molecule has 1 heterocycles. The largest absolute Gasteiger partial charge is 0.483 e. The van der Waals surface area contributed by atoms with Crippen molar-refractivity contribution in [1.82, 2.24) is 5.32 Å². The molecule has 0 bridgehead atoms. The van der Waals surface area contributed by atoms with Gasteiger partial charge in [0.05, 0.1) is 5.70 Å². The number of nitriles is 1. The standard InChI is InChI=1S/C13H12BrN3O/c1-13(2)6-11(17-8-16-7-15)10-5-9(14)3-4-12(10)18-13/h3-6,8H,1-2H3,(H,16,17). The Morgan fingerprint density at radius 1 is 1.50 bits per heavy atom. The second-order valence-corrected chi connectivity index (χ2v) is 5.31. The van der Waals surface area contributed by atoms with E-state index in [0.29, 0.717) is 0 Å². The first kappa shape index (κ1) is 12.7. The van der Waals surface area contributed by atoms with Gasteiger partial charge in [-0.3, -0.25) is 5.32 Å². The van der Waals surface area contributed by atoms with Crippen molar-refractivity contribution in [1.29, 1.82) is 5.26 Å². The van der Waals surface area contributed by atoms with Gasteiger partial charge in [0.1, 0.15) is 17.7 Å². The molecule has 0 aliphatic carbocycles. The number of halogens is 1. The van der Waals surface area contributed by atoms with Crippen LogP contribution in [0.5, 0.6) is 5.75 Å². The number of hydrogen-bond donors (Lipinski definition) is 1. The normalized spacial score (nSPS) is 16.4. The summed E-state index contributed by atoms with van der Waals surface area (Å²) in [6.45, 7) is 3.93. The Hall–Kier alpha value is -1.80. The van der Waals surface area contributed by atoms with Gasteiger partial charge in [-0.2, -0.15) is 5.26 Å². The van der Waals surface area contributed by atoms with Crippen molar-refractivity contribution in [3.05, 3.63) is 34.3 Å². The fraction of sp³-hybridized carbons (Fsp3) is 0.231. The number of benzene rings is 1. The van der Waals surface area contributed by atoms with Crippen molar-refractivity contribution < 1.29 is 4.74 Å². The predicted molar refractivity (Wildman–Crippen MR) is 74.1 cm³/mol. The van der Waals surface area contributed by atoms with E-state index in [4.69, 9.17) is 10.00 Å². The first-order valence-electron chi connectivity index (χ1n) is 5.41. The molecular formula is C13H12BrN3O. The highest BCUT2D eigenvalue weighted by Crippen LogP contribution is 2.37. The van der Waals surface area contributed by atoms with Gasteiger partial charge in [0.15, 0.2) is 6.19 Å². The van der Waals surface area contributed by atoms with Gasteiger partial charge in [0, 0.05) is 10.0 Å². The smallest absolute Gasteiger partial charge is 0.182 e. The van der Waals surface area contributed by atoms with Crippen LogP contribution in [0.25, 0.3) is 5.70 Å². The van der Waals surface area contributed by atoms with Crippen LogP contribution in [0, 0.1) is 11.5 Å². The second kappa shape index (κ2) is 4.83. The zero-order valence-electron chi connectivity index (χ0n) is 10.1. The number of rotatable bonds is 2. The van der Waals surface area contributed by atoms with Gasteiger partial charge >= 0.3 is 0 Å². The molecule has 1 aromatic rings. The van der Waals surface area contributed by atoms with Crippen LogP contribution < -0.4 is 10.1 Å². The van der Waals surface area contributed by atoms with Crippen molar-refractivity contribution in [3.8, 4) is 11.9 Å². The molecule has 5 heteroatoms.